The molecule has 0 saturated carbocycles. The number of nitrogens with zero attached hydrogens (tertiary/aromatic N) is 3. The Labute approximate surface area is 133 Å². The monoisotopic (exact) mass is 326 g/mol. The fraction of sp³-hybridized carbons (Fsp3) is 0.286. The van der Waals surface area contributed by atoms with Gasteiger partial charge < -0.3 is 10.6 Å². The van der Waals surface area contributed by atoms with E-state index in [2.05, 4.69) is 5.10 Å². The van der Waals surface area contributed by atoms with Gasteiger partial charge in [0, 0.05) is 26.3 Å². The minimum Gasteiger partial charge on any atom is -0.396 e. The molecule has 112 valence electrons. The molecule has 5 nitrogen and oxygen atoms in total. The summed E-state index contributed by atoms with van der Waals surface area (Å²) in [5.41, 5.74) is 7.35. The zero-order valence-corrected chi connectivity index (χ0v) is 13.3. The van der Waals surface area contributed by atoms with Crippen LogP contribution in [0.5, 0.6) is 0 Å². The Balaban J connectivity index is 2.15. The maximum Gasteiger partial charge on any atom is 0.276 e. The van der Waals surface area contributed by atoms with Crippen LogP contribution in [0, 0.1) is 0 Å². The molecule has 0 radical (unpaired) electrons. The lowest BCUT2D eigenvalue weighted by Crippen LogP contribution is -2.27. The van der Waals surface area contributed by atoms with Crippen LogP contribution in [0.1, 0.15) is 23.0 Å². The summed E-state index contributed by atoms with van der Waals surface area (Å²) in [6.45, 7) is 2.99. The number of rotatable bonds is 4. The van der Waals surface area contributed by atoms with E-state index in [1.807, 2.05) is 13.0 Å². The summed E-state index contributed by atoms with van der Waals surface area (Å²) in [4.78, 5) is 13.9. The molecule has 0 unspecified atom stereocenters. The molecule has 0 fully saturated rings. The van der Waals surface area contributed by atoms with Gasteiger partial charge >= 0.3 is 0 Å². The first-order valence-electron chi connectivity index (χ1n) is 6.44. The van der Waals surface area contributed by atoms with E-state index in [4.69, 9.17) is 28.9 Å². The fourth-order valence-corrected chi connectivity index (χ4v) is 2.25. The highest BCUT2D eigenvalue weighted by molar-refractivity contribution is 6.42. The number of carbonyl (C=O) groups excluding carboxylic acids is 1. The van der Waals surface area contributed by atoms with Crippen LogP contribution in [0.3, 0.4) is 0 Å². The van der Waals surface area contributed by atoms with Crippen molar-refractivity contribution >= 4 is 34.8 Å². The van der Waals surface area contributed by atoms with E-state index in [1.165, 1.54) is 4.90 Å². The van der Waals surface area contributed by atoms with Crippen molar-refractivity contribution < 1.29 is 4.79 Å². The molecule has 2 rings (SSSR count). The van der Waals surface area contributed by atoms with Crippen LogP contribution in [0.4, 0.5) is 5.69 Å². The molecule has 0 bridgehead atoms. The van der Waals surface area contributed by atoms with Gasteiger partial charge in [-0.1, -0.05) is 29.3 Å². The quantitative estimate of drug-likeness (QED) is 0.939. The third-order valence-corrected chi connectivity index (χ3v) is 3.81. The van der Waals surface area contributed by atoms with Crippen LogP contribution in [0.25, 0.3) is 0 Å². The summed E-state index contributed by atoms with van der Waals surface area (Å²) in [6.07, 6.45) is 1.65. The van der Waals surface area contributed by atoms with Gasteiger partial charge in [-0.2, -0.15) is 5.10 Å². The highest BCUT2D eigenvalue weighted by atomic mass is 35.5. The van der Waals surface area contributed by atoms with E-state index < -0.39 is 0 Å². The Hall–Kier alpha value is -1.72. The lowest BCUT2D eigenvalue weighted by atomic mass is 10.2. The van der Waals surface area contributed by atoms with E-state index in [0.717, 1.165) is 5.56 Å². The first-order valence-corrected chi connectivity index (χ1v) is 7.20. The third-order valence-electron chi connectivity index (χ3n) is 3.07. The van der Waals surface area contributed by atoms with Crippen molar-refractivity contribution in [3.63, 3.8) is 0 Å². The molecule has 1 amide bonds. The normalized spacial score (nSPS) is 10.7. The summed E-state index contributed by atoms with van der Waals surface area (Å²) in [7, 11) is 1.69. The van der Waals surface area contributed by atoms with Crippen molar-refractivity contribution in [1.82, 2.24) is 14.7 Å². The predicted octanol–water partition coefficient (Wildman–Crippen LogP) is 3.06. The Morgan fingerprint density at radius 1 is 1.38 bits per heavy atom. The number of hydrogen-bond acceptors (Lipinski definition) is 3. The Morgan fingerprint density at radius 2 is 2.10 bits per heavy atom. The molecule has 2 aromatic rings. The predicted molar refractivity (Wildman–Crippen MR) is 84.6 cm³/mol. The number of benzene rings is 1. The fourth-order valence-electron chi connectivity index (χ4n) is 1.93. The highest BCUT2D eigenvalue weighted by Gasteiger charge is 2.19. The zero-order chi connectivity index (χ0) is 15.6. The lowest BCUT2D eigenvalue weighted by Gasteiger charge is -2.16. The largest absolute Gasteiger partial charge is 0.396 e. The van der Waals surface area contributed by atoms with E-state index in [0.29, 0.717) is 28.8 Å². The van der Waals surface area contributed by atoms with E-state index in [1.54, 1.807) is 30.1 Å². The lowest BCUT2D eigenvalue weighted by molar-refractivity contribution is 0.0779. The van der Waals surface area contributed by atoms with Crippen molar-refractivity contribution in [2.45, 2.75) is 20.0 Å². The van der Waals surface area contributed by atoms with Gasteiger partial charge in [0.05, 0.1) is 15.7 Å². The second kappa shape index (κ2) is 6.37. The smallest absolute Gasteiger partial charge is 0.276 e. The summed E-state index contributed by atoms with van der Waals surface area (Å²) in [5.74, 6) is -0.231. The molecular formula is C14H16Cl2N4O. The first kappa shape index (κ1) is 15.7. The second-order valence-electron chi connectivity index (χ2n) is 4.70. The van der Waals surface area contributed by atoms with E-state index in [-0.39, 0.29) is 11.6 Å². The van der Waals surface area contributed by atoms with Gasteiger partial charge in [0.1, 0.15) is 0 Å². The van der Waals surface area contributed by atoms with Gasteiger partial charge in [0.15, 0.2) is 5.69 Å². The minimum atomic E-state index is -0.231. The van der Waals surface area contributed by atoms with Crippen molar-refractivity contribution in [3.8, 4) is 0 Å². The maximum absolute atomic E-state index is 12.4. The van der Waals surface area contributed by atoms with E-state index in [9.17, 15) is 4.79 Å². The van der Waals surface area contributed by atoms with Crippen LogP contribution < -0.4 is 5.73 Å². The number of amides is 1. The topological polar surface area (TPSA) is 64.2 Å². The maximum atomic E-state index is 12.4. The van der Waals surface area contributed by atoms with Gasteiger partial charge in [-0.25, -0.2) is 0 Å². The molecule has 0 saturated heterocycles. The van der Waals surface area contributed by atoms with Gasteiger partial charge in [0.2, 0.25) is 0 Å². The minimum absolute atomic E-state index is 0.231. The molecule has 0 aliphatic rings. The molecule has 1 aromatic carbocycles. The first-order chi connectivity index (χ1) is 9.92. The number of anilines is 1. The van der Waals surface area contributed by atoms with Crippen molar-refractivity contribution in [2.24, 2.45) is 0 Å². The molecule has 2 N–H and O–H groups in total. The number of nitrogens with two attached hydrogens (primary N) is 1. The Morgan fingerprint density at radius 3 is 2.67 bits per heavy atom. The van der Waals surface area contributed by atoms with Crippen molar-refractivity contribution in [1.29, 1.82) is 0 Å². The van der Waals surface area contributed by atoms with Crippen molar-refractivity contribution in [2.75, 3.05) is 12.8 Å². The Bertz CT molecular complexity index is 669. The standard InChI is InChI=1S/C14H16Cl2N4O/c1-3-20-8-12(17)13(18-20)14(21)19(2)7-9-4-5-10(15)11(16)6-9/h4-6,8H,3,7,17H2,1-2H3. The van der Waals surface area contributed by atoms with Gasteiger partial charge in [0.25, 0.3) is 5.91 Å². The molecule has 1 heterocycles. The SMILES string of the molecule is CCn1cc(N)c(C(=O)N(C)Cc2ccc(Cl)c(Cl)c2)n1. The van der Waals surface area contributed by atoms with E-state index >= 15 is 0 Å². The highest BCUT2D eigenvalue weighted by Crippen LogP contribution is 2.23. The van der Waals surface area contributed by atoms with Crippen molar-refractivity contribution in [3.05, 3.63) is 45.7 Å². The van der Waals surface area contributed by atoms with Crippen LogP contribution in [0.2, 0.25) is 10.0 Å². The number of hydrogen-bond donors (Lipinski definition) is 1. The molecule has 7 heteroatoms. The number of aromatic nitrogens is 2. The summed E-state index contributed by atoms with van der Waals surface area (Å²) < 4.78 is 1.63. The molecule has 0 aliphatic heterocycles. The summed E-state index contributed by atoms with van der Waals surface area (Å²) >= 11 is 11.8. The average Bonchev–Trinajstić information content (AvgIpc) is 2.83. The number of halogens is 2. The molecule has 0 spiro atoms. The van der Waals surface area contributed by atoms with Gasteiger partial charge in [-0.05, 0) is 24.6 Å². The van der Waals surface area contributed by atoms with Crippen LogP contribution in [-0.4, -0.2) is 27.6 Å². The molecule has 0 atom stereocenters. The summed E-state index contributed by atoms with van der Waals surface area (Å²) in [6, 6.07) is 5.27. The molecular weight excluding hydrogens is 311 g/mol. The number of nitrogen functional groups attached to an aromatic ring is 1. The number of aryl methyl sites for hydroxylation is 1. The molecule has 1 aromatic heterocycles. The average molecular weight is 327 g/mol. The number of carbonyl (C=O) groups is 1. The summed E-state index contributed by atoms with van der Waals surface area (Å²) in [5, 5.41) is 5.13. The molecule has 21 heavy (non-hydrogen) atoms. The van der Waals surface area contributed by atoms with Crippen LogP contribution in [-0.2, 0) is 13.1 Å². The third kappa shape index (κ3) is 3.49. The zero-order valence-electron chi connectivity index (χ0n) is 11.8. The van der Waals surface area contributed by atoms with Gasteiger partial charge in [-0.15, -0.1) is 0 Å². The van der Waals surface area contributed by atoms with Crippen LogP contribution >= 0.6 is 23.2 Å². The second-order valence-corrected chi connectivity index (χ2v) is 5.51. The molecule has 0 aliphatic carbocycles. The Kier molecular flexibility index (Phi) is 4.75. The van der Waals surface area contributed by atoms with Crippen LogP contribution in [0.15, 0.2) is 24.4 Å². The van der Waals surface area contributed by atoms with Gasteiger partial charge in [-0.3, -0.25) is 9.48 Å².